The van der Waals surface area contributed by atoms with Gasteiger partial charge in [-0.05, 0) is 48.4 Å². The maximum atomic E-state index is 12.0. The lowest BCUT2D eigenvalue weighted by Crippen LogP contribution is -2.14. The summed E-state index contributed by atoms with van der Waals surface area (Å²) in [5.74, 6) is 0.712. The first-order valence-corrected chi connectivity index (χ1v) is 7.06. The molecular formula is C16H16BrNO2. The largest absolute Gasteiger partial charge is 0.497 e. The molecule has 2 aromatic carbocycles. The molecule has 0 saturated carbocycles. The molecule has 0 aliphatic heterocycles. The van der Waals surface area contributed by atoms with Crippen LogP contribution in [0.3, 0.4) is 0 Å². The summed E-state index contributed by atoms with van der Waals surface area (Å²) in [5, 5.41) is 2.90. The zero-order valence-corrected chi connectivity index (χ0v) is 13.0. The topological polar surface area (TPSA) is 38.3 Å². The first kappa shape index (κ1) is 14.6. The monoisotopic (exact) mass is 333 g/mol. The van der Waals surface area contributed by atoms with Gasteiger partial charge in [-0.25, -0.2) is 0 Å². The zero-order valence-electron chi connectivity index (χ0n) is 11.4. The summed E-state index contributed by atoms with van der Waals surface area (Å²) in [6.07, 6.45) is 0.322. The molecule has 0 heterocycles. The summed E-state index contributed by atoms with van der Waals surface area (Å²) < 4.78 is 6.10. The van der Waals surface area contributed by atoms with Gasteiger partial charge in [-0.3, -0.25) is 4.79 Å². The normalized spacial score (nSPS) is 10.2. The quantitative estimate of drug-likeness (QED) is 0.919. The average Bonchev–Trinajstić information content (AvgIpc) is 2.37. The second-order valence-corrected chi connectivity index (χ2v) is 5.51. The second kappa shape index (κ2) is 6.57. The lowest BCUT2D eigenvalue weighted by molar-refractivity contribution is -0.115. The number of amides is 1. The molecule has 2 rings (SSSR count). The highest BCUT2D eigenvalue weighted by molar-refractivity contribution is 9.10. The molecule has 0 spiro atoms. The average molecular weight is 334 g/mol. The van der Waals surface area contributed by atoms with E-state index in [4.69, 9.17) is 4.74 Å². The van der Waals surface area contributed by atoms with Gasteiger partial charge in [0.1, 0.15) is 5.75 Å². The number of hydrogen-bond donors (Lipinski definition) is 1. The molecule has 1 amide bonds. The van der Waals surface area contributed by atoms with Crippen molar-refractivity contribution in [2.75, 3.05) is 12.4 Å². The zero-order chi connectivity index (χ0) is 14.5. The molecule has 0 aromatic heterocycles. The van der Waals surface area contributed by atoms with Crippen LogP contribution in [0.4, 0.5) is 5.69 Å². The molecule has 20 heavy (non-hydrogen) atoms. The predicted octanol–water partition coefficient (Wildman–Crippen LogP) is 3.95. The second-order valence-electron chi connectivity index (χ2n) is 4.59. The molecule has 1 N–H and O–H groups in total. The molecule has 0 unspecified atom stereocenters. The summed E-state index contributed by atoms with van der Waals surface area (Å²) in [6, 6.07) is 13.3. The van der Waals surface area contributed by atoms with Crippen molar-refractivity contribution < 1.29 is 9.53 Å². The Morgan fingerprint density at radius 3 is 2.75 bits per heavy atom. The van der Waals surface area contributed by atoms with Crippen molar-refractivity contribution in [1.82, 2.24) is 0 Å². The van der Waals surface area contributed by atoms with Gasteiger partial charge in [-0.1, -0.05) is 28.1 Å². The number of ether oxygens (including phenoxy) is 1. The predicted molar refractivity (Wildman–Crippen MR) is 84.2 cm³/mol. The first-order chi connectivity index (χ1) is 9.56. The third-order valence-corrected chi connectivity index (χ3v) is 3.28. The molecule has 0 aliphatic rings. The molecule has 4 heteroatoms. The van der Waals surface area contributed by atoms with Crippen LogP contribution in [0.25, 0.3) is 0 Å². The highest BCUT2D eigenvalue weighted by Crippen LogP contribution is 2.19. The highest BCUT2D eigenvalue weighted by Gasteiger charge is 2.06. The fraction of sp³-hybridized carbons (Fsp3) is 0.188. The Kier molecular flexibility index (Phi) is 4.79. The van der Waals surface area contributed by atoms with E-state index in [1.54, 1.807) is 7.11 Å². The number of hydrogen-bond acceptors (Lipinski definition) is 2. The number of rotatable bonds is 4. The summed E-state index contributed by atoms with van der Waals surface area (Å²) >= 11 is 3.42. The molecule has 0 radical (unpaired) electrons. The summed E-state index contributed by atoms with van der Waals surface area (Å²) in [5.41, 5.74) is 2.81. The Bertz CT molecular complexity index is 605. The van der Waals surface area contributed by atoms with E-state index in [9.17, 15) is 4.79 Å². The van der Waals surface area contributed by atoms with Crippen LogP contribution < -0.4 is 10.1 Å². The number of halogens is 1. The van der Waals surface area contributed by atoms with Gasteiger partial charge in [-0.15, -0.1) is 0 Å². The van der Waals surface area contributed by atoms with E-state index >= 15 is 0 Å². The summed E-state index contributed by atoms with van der Waals surface area (Å²) in [4.78, 5) is 12.0. The molecule has 0 saturated heterocycles. The van der Waals surface area contributed by atoms with Crippen LogP contribution in [0.2, 0.25) is 0 Å². The van der Waals surface area contributed by atoms with Gasteiger partial charge >= 0.3 is 0 Å². The van der Waals surface area contributed by atoms with E-state index in [1.165, 1.54) is 0 Å². The molecule has 0 bridgehead atoms. The van der Waals surface area contributed by atoms with E-state index in [1.807, 2.05) is 49.4 Å². The van der Waals surface area contributed by atoms with Crippen molar-refractivity contribution in [3.8, 4) is 5.75 Å². The first-order valence-electron chi connectivity index (χ1n) is 6.27. The third kappa shape index (κ3) is 4.10. The Hall–Kier alpha value is -1.81. The number of nitrogens with one attached hydrogen (secondary N) is 1. The van der Waals surface area contributed by atoms with Crippen molar-refractivity contribution in [3.63, 3.8) is 0 Å². The van der Waals surface area contributed by atoms with Crippen LogP contribution in [0, 0.1) is 6.92 Å². The Labute approximate surface area is 127 Å². The van der Waals surface area contributed by atoms with Gasteiger partial charge in [0.05, 0.1) is 13.5 Å². The van der Waals surface area contributed by atoms with Crippen molar-refractivity contribution in [2.24, 2.45) is 0 Å². The van der Waals surface area contributed by atoms with E-state index in [0.29, 0.717) is 6.42 Å². The molecule has 3 nitrogen and oxygen atoms in total. The molecule has 0 aliphatic carbocycles. The van der Waals surface area contributed by atoms with Crippen molar-refractivity contribution in [1.29, 1.82) is 0 Å². The Morgan fingerprint density at radius 1 is 1.25 bits per heavy atom. The minimum atomic E-state index is -0.0456. The molecule has 2 aromatic rings. The third-order valence-electron chi connectivity index (χ3n) is 2.82. The summed E-state index contributed by atoms with van der Waals surface area (Å²) in [7, 11) is 1.61. The van der Waals surface area contributed by atoms with Crippen LogP contribution in [0.15, 0.2) is 46.9 Å². The van der Waals surface area contributed by atoms with E-state index < -0.39 is 0 Å². The lowest BCUT2D eigenvalue weighted by Gasteiger charge is -2.08. The fourth-order valence-corrected chi connectivity index (χ4v) is 2.59. The Morgan fingerprint density at radius 2 is 2.05 bits per heavy atom. The van der Waals surface area contributed by atoms with Crippen LogP contribution in [-0.4, -0.2) is 13.0 Å². The number of aryl methyl sites for hydroxylation is 1. The van der Waals surface area contributed by atoms with Gasteiger partial charge in [-0.2, -0.15) is 0 Å². The van der Waals surface area contributed by atoms with Crippen LogP contribution in [-0.2, 0) is 11.2 Å². The number of methoxy groups -OCH3 is 1. The standard InChI is InChI=1S/C16H16BrNO2/c1-11-6-13(17)10-14(7-11)18-16(19)9-12-4-3-5-15(8-12)20-2/h3-8,10H,9H2,1-2H3,(H,18,19). The van der Waals surface area contributed by atoms with Crippen molar-refractivity contribution >= 4 is 27.5 Å². The van der Waals surface area contributed by atoms with Gasteiger partial charge in [0.15, 0.2) is 0 Å². The van der Waals surface area contributed by atoms with Gasteiger partial charge in [0, 0.05) is 10.2 Å². The maximum absolute atomic E-state index is 12.0. The van der Waals surface area contributed by atoms with E-state index in [2.05, 4.69) is 21.2 Å². The van der Waals surface area contributed by atoms with Gasteiger partial charge in [0.2, 0.25) is 5.91 Å². The van der Waals surface area contributed by atoms with E-state index in [-0.39, 0.29) is 5.91 Å². The molecule has 0 fully saturated rings. The number of benzene rings is 2. The number of carbonyl (C=O) groups is 1. The van der Waals surface area contributed by atoms with Crippen LogP contribution in [0.1, 0.15) is 11.1 Å². The van der Waals surface area contributed by atoms with E-state index in [0.717, 1.165) is 27.0 Å². The van der Waals surface area contributed by atoms with Crippen molar-refractivity contribution in [2.45, 2.75) is 13.3 Å². The van der Waals surface area contributed by atoms with Crippen molar-refractivity contribution in [3.05, 3.63) is 58.1 Å². The lowest BCUT2D eigenvalue weighted by atomic mass is 10.1. The molecule has 104 valence electrons. The van der Waals surface area contributed by atoms with Gasteiger partial charge < -0.3 is 10.1 Å². The molecule has 0 atom stereocenters. The number of carbonyl (C=O) groups excluding carboxylic acids is 1. The maximum Gasteiger partial charge on any atom is 0.228 e. The Balaban J connectivity index is 2.04. The minimum Gasteiger partial charge on any atom is -0.497 e. The molecular weight excluding hydrogens is 318 g/mol. The van der Waals surface area contributed by atoms with Crippen LogP contribution >= 0.6 is 15.9 Å². The van der Waals surface area contributed by atoms with Crippen LogP contribution in [0.5, 0.6) is 5.75 Å². The van der Waals surface area contributed by atoms with Gasteiger partial charge in [0.25, 0.3) is 0 Å². The fourth-order valence-electron chi connectivity index (χ4n) is 1.98. The SMILES string of the molecule is COc1cccc(CC(=O)Nc2cc(C)cc(Br)c2)c1. The number of anilines is 1. The minimum absolute atomic E-state index is 0.0456. The smallest absolute Gasteiger partial charge is 0.228 e. The summed E-state index contributed by atoms with van der Waals surface area (Å²) in [6.45, 7) is 1.99. The highest BCUT2D eigenvalue weighted by atomic mass is 79.9.